The second-order valence-corrected chi connectivity index (χ2v) is 7.08. The van der Waals surface area contributed by atoms with Gasteiger partial charge in [-0.3, -0.25) is 4.79 Å². The molecule has 1 amide bonds. The summed E-state index contributed by atoms with van der Waals surface area (Å²) >= 11 is 1.38. The molecule has 1 aromatic heterocycles. The van der Waals surface area contributed by atoms with Crippen molar-refractivity contribution in [2.75, 3.05) is 26.1 Å². The Kier molecular flexibility index (Phi) is 7.63. The van der Waals surface area contributed by atoms with Gasteiger partial charge in [-0.25, -0.2) is 4.79 Å². The van der Waals surface area contributed by atoms with E-state index >= 15 is 0 Å². The Balaban J connectivity index is 2.21. The largest absolute Gasteiger partial charge is 0.493 e. The van der Waals surface area contributed by atoms with E-state index in [1.807, 2.05) is 19.9 Å². The third kappa shape index (κ3) is 4.92. The molecule has 0 spiro atoms. The number of hydrogen-bond donors (Lipinski definition) is 1. The molecular formula is C21H25NO5S. The molecule has 0 saturated heterocycles. The lowest BCUT2D eigenvalue weighted by molar-refractivity contribution is -0.111. The van der Waals surface area contributed by atoms with E-state index in [0.29, 0.717) is 28.5 Å². The highest BCUT2D eigenvalue weighted by molar-refractivity contribution is 7.16. The first-order valence-electron chi connectivity index (χ1n) is 8.95. The van der Waals surface area contributed by atoms with Crippen molar-refractivity contribution in [2.45, 2.75) is 27.2 Å². The minimum absolute atomic E-state index is 0.281. The van der Waals surface area contributed by atoms with Crippen LogP contribution in [0.5, 0.6) is 11.5 Å². The number of hydrogen-bond acceptors (Lipinski definition) is 6. The summed E-state index contributed by atoms with van der Waals surface area (Å²) in [7, 11) is 3.12. The van der Waals surface area contributed by atoms with E-state index in [1.54, 1.807) is 39.4 Å². The van der Waals surface area contributed by atoms with Gasteiger partial charge in [-0.15, -0.1) is 11.3 Å². The quantitative estimate of drug-likeness (QED) is 0.520. The molecule has 0 aliphatic heterocycles. The average molecular weight is 404 g/mol. The summed E-state index contributed by atoms with van der Waals surface area (Å²) in [5, 5.41) is 3.31. The highest BCUT2D eigenvalue weighted by Gasteiger charge is 2.23. The van der Waals surface area contributed by atoms with Gasteiger partial charge in [0, 0.05) is 11.0 Å². The maximum absolute atomic E-state index is 12.4. The maximum Gasteiger partial charge on any atom is 0.341 e. The molecule has 0 fully saturated rings. The van der Waals surface area contributed by atoms with Gasteiger partial charge in [0.15, 0.2) is 11.5 Å². The molecule has 28 heavy (non-hydrogen) atoms. The minimum atomic E-state index is -0.414. The number of amides is 1. The molecule has 0 unspecified atom stereocenters. The first kappa shape index (κ1) is 21.5. The van der Waals surface area contributed by atoms with Gasteiger partial charge >= 0.3 is 5.97 Å². The first-order chi connectivity index (χ1) is 13.4. The Morgan fingerprint density at radius 1 is 1.14 bits per heavy atom. The third-order valence-electron chi connectivity index (χ3n) is 4.11. The van der Waals surface area contributed by atoms with Gasteiger partial charge in [0.05, 0.1) is 26.4 Å². The number of rotatable bonds is 8. The number of aryl methyl sites for hydroxylation is 1. The molecule has 0 saturated carbocycles. The standard InChI is InChI=1S/C21H25NO5S/c1-6-15-13(3)28-20(19(15)21(24)27-7-2)22-18(23)11-9-14-8-10-16(25-4)17(12-14)26-5/h8-12H,6-7H2,1-5H3,(H,22,23). The van der Waals surface area contributed by atoms with Crippen molar-refractivity contribution >= 4 is 34.3 Å². The highest BCUT2D eigenvalue weighted by atomic mass is 32.1. The van der Waals surface area contributed by atoms with Gasteiger partial charge < -0.3 is 19.5 Å². The zero-order valence-electron chi connectivity index (χ0n) is 16.8. The van der Waals surface area contributed by atoms with Crippen LogP contribution in [0.3, 0.4) is 0 Å². The summed E-state index contributed by atoms with van der Waals surface area (Å²) in [6.45, 7) is 5.94. The Labute approximate surface area is 169 Å². The van der Waals surface area contributed by atoms with Crippen LogP contribution < -0.4 is 14.8 Å². The van der Waals surface area contributed by atoms with E-state index in [2.05, 4.69) is 5.32 Å². The summed E-state index contributed by atoms with van der Waals surface area (Å²) in [4.78, 5) is 25.7. The predicted octanol–water partition coefficient (Wildman–Crippen LogP) is 4.46. The lowest BCUT2D eigenvalue weighted by Gasteiger charge is -2.08. The number of benzene rings is 1. The first-order valence-corrected chi connectivity index (χ1v) is 9.77. The smallest absolute Gasteiger partial charge is 0.341 e. The van der Waals surface area contributed by atoms with E-state index in [-0.39, 0.29) is 12.5 Å². The summed E-state index contributed by atoms with van der Waals surface area (Å²) in [5.74, 6) is 0.451. The van der Waals surface area contributed by atoms with Crippen LogP contribution in [-0.4, -0.2) is 32.7 Å². The molecule has 2 aromatic rings. The van der Waals surface area contributed by atoms with Crippen molar-refractivity contribution in [3.63, 3.8) is 0 Å². The molecule has 150 valence electrons. The molecule has 0 aliphatic rings. The van der Waals surface area contributed by atoms with Crippen LogP contribution in [0, 0.1) is 6.92 Å². The molecule has 1 aromatic carbocycles. The van der Waals surface area contributed by atoms with Crippen LogP contribution in [0.2, 0.25) is 0 Å². The maximum atomic E-state index is 12.4. The zero-order chi connectivity index (χ0) is 20.7. The highest BCUT2D eigenvalue weighted by Crippen LogP contribution is 2.34. The fourth-order valence-corrected chi connectivity index (χ4v) is 3.93. The topological polar surface area (TPSA) is 73.9 Å². The van der Waals surface area contributed by atoms with Crippen LogP contribution in [0.4, 0.5) is 5.00 Å². The molecule has 0 atom stereocenters. The lowest BCUT2D eigenvalue weighted by atomic mass is 10.1. The predicted molar refractivity (Wildman–Crippen MR) is 112 cm³/mol. The van der Waals surface area contributed by atoms with Gasteiger partial charge in [0.2, 0.25) is 5.91 Å². The molecule has 0 aliphatic carbocycles. The normalized spacial score (nSPS) is 10.8. The minimum Gasteiger partial charge on any atom is -0.493 e. The number of thiophene rings is 1. The van der Waals surface area contributed by atoms with Crippen LogP contribution >= 0.6 is 11.3 Å². The number of carbonyl (C=O) groups is 2. The Hall–Kier alpha value is -2.80. The summed E-state index contributed by atoms with van der Waals surface area (Å²) in [5.41, 5.74) is 2.14. The van der Waals surface area contributed by atoms with Gasteiger partial charge in [-0.05, 0) is 49.6 Å². The summed E-state index contributed by atoms with van der Waals surface area (Å²) in [6.07, 6.45) is 3.77. The van der Waals surface area contributed by atoms with Crippen molar-refractivity contribution < 1.29 is 23.8 Å². The van der Waals surface area contributed by atoms with E-state index < -0.39 is 5.97 Å². The molecule has 1 heterocycles. The third-order valence-corrected chi connectivity index (χ3v) is 5.18. The zero-order valence-corrected chi connectivity index (χ0v) is 17.6. The van der Waals surface area contributed by atoms with Crippen LogP contribution in [0.1, 0.15) is 40.2 Å². The average Bonchev–Trinajstić information content (AvgIpc) is 3.00. The van der Waals surface area contributed by atoms with Crippen LogP contribution in [0.25, 0.3) is 6.08 Å². The second kappa shape index (κ2) is 9.94. The van der Waals surface area contributed by atoms with Crippen molar-refractivity contribution in [1.29, 1.82) is 0 Å². The van der Waals surface area contributed by atoms with Gasteiger partial charge in [-0.1, -0.05) is 13.0 Å². The molecule has 6 nitrogen and oxygen atoms in total. The van der Waals surface area contributed by atoms with Crippen molar-refractivity contribution in [3.05, 3.63) is 45.8 Å². The number of ether oxygens (including phenoxy) is 3. The van der Waals surface area contributed by atoms with Crippen molar-refractivity contribution in [1.82, 2.24) is 0 Å². The van der Waals surface area contributed by atoms with Crippen LogP contribution in [0.15, 0.2) is 24.3 Å². The number of methoxy groups -OCH3 is 2. The SMILES string of the molecule is CCOC(=O)c1c(NC(=O)C=Cc2ccc(OC)c(OC)c2)sc(C)c1CC. The second-order valence-electron chi connectivity index (χ2n) is 5.85. The Morgan fingerprint density at radius 3 is 2.46 bits per heavy atom. The molecular weight excluding hydrogens is 378 g/mol. The van der Waals surface area contributed by atoms with Crippen LogP contribution in [-0.2, 0) is 16.0 Å². The van der Waals surface area contributed by atoms with Gasteiger partial charge in [-0.2, -0.15) is 0 Å². The summed E-state index contributed by atoms with van der Waals surface area (Å²) < 4.78 is 15.6. The number of esters is 1. The van der Waals surface area contributed by atoms with E-state index in [9.17, 15) is 9.59 Å². The van der Waals surface area contributed by atoms with Crippen molar-refractivity contribution in [3.8, 4) is 11.5 Å². The molecule has 2 rings (SSSR count). The Bertz CT molecular complexity index is 885. The molecule has 7 heteroatoms. The lowest BCUT2D eigenvalue weighted by Crippen LogP contribution is -2.13. The van der Waals surface area contributed by atoms with Crippen molar-refractivity contribution in [2.24, 2.45) is 0 Å². The van der Waals surface area contributed by atoms with E-state index in [4.69, 9.17) is 14.2 Å². The van der Waals surface area contributed by atoms with Gasteiger partial charge in [0.25, 0.3) is 0 Å². The van der Waals surface area contributed by atoms with E-state index in [1.165, 1.54) is 17.4 Å². The van der Waals surface area contributed by atoms with Gasteiger partial charge in [0.1, 0.15) is 5.00 Å². The number of anilines is 1. The molecule has 0 bridgehead atoms. The number of nitrogens with one attached hydrogen (secondary N) is 1. The summed E-state index contributed by atoms with van der Waals surface area (Å²) in [6, 6.07) is 5.36. The Morgan fingerprint density at radius 2 is 1.86 bits per heavy atom. The monoisotopic (exact) mass is 403 g/mol. The molecule has 0 radical (unpaired) electrons. The van der Waals surface area contributed by atoms with E-state index in [0.717, 1.165) is 16.0 Å². The molecule has 1 N–H and O–H groups in total. The number of carbonyl (C=O) groups excluding carboxylic acids is 2. The fraction of sp³-hybridized carbons (Fsp3) is 0.333. The fourth-order valence-electron chi connectivity index (χ4n) is 2.79.